The van der Waals surface area contributed by atoms with Crippen molar-refractivity contribution in [1.82, 2.24) is 9.55 Å². The molecule has 3 aromatic carbocycles. The number of carbonyl (C=O) groups is 2. The van der Waals surface area contributed by atoms with E-state index in [1.807, 2.05) is 28.8 Å². The molecule has 7 nitrogen and oxygen atoms in total. The first-order valence-corrected chi connectivity index (χ1v) is 9.19. The van der Waals surface area contributed by atoms with E-state index in [2.05, 4.69) is 10.3 Å². The molecule has 170 valence electrons. The van der Waals surface area contributed by atoms with Crippen molar-refractivity contribution < 1.29 is 37.4 Å². The van der Waals surface area contributed by atoms with Crippen LogP contribution in [0.5, 0.6) is 0 Å². The maximum Gasteiger partial charge on any atom is 0.490 e. The molecule has 0 aliphatic rings. The van der Waals surface area contributed by atoms with Crippen LogP contribution in [-0.2, 0) is 4.79 Å². The van der Waals surface area contributed by atoms with Crippen molar-refractivity contribution in [3.05, 3.63) is 84.4 Å². The standard InChI is InChI=1S/C20H14FN3O2.C2HF3O2/c21-13-5-7-14(8-6-13)23-18-11-15(9-10-16(18)20(25)26)24-12-22-17-3-1-2-4-19(17)24;3-2(4,5)1(6)7/h1-12,23H,(H,25,26);(H,6,7). The van der Waals surface area contributed by atoms with Crippen LogP contribution in [0, 0.1) is 5.82 Å². The van der Waals surface area contributed by atoms with Gasteiger partial charge in [0.1, 0.15) is 12.1 Å². The van der Waals surface area contributed by atoms with Gasteiger partial charge in [0.15, 0.2) is 0 Å². The highest BCUT2D eigenvalue weighted by Crippen LogP contribution is 2.26. The summed E-state index contributed by atoms with van der Waals surface area (Å²) < 4.78 is 46.7. The fraction of sp³-hybridized carbons (Fsp3) is 0.0455. The van der Waals surface area contributed by atoms with E-state index in [1.165, 1.54) is 18.2 Å². The molecule has 0 saturated heterocycles. The van der Waals surface area contributed by atoms with E-state index < -0.39 is 18.1 Å². The maximum absolute atomic E-state index is 13.1. The molecule has 0 unspecified atom stereocenters. The highest BCUT2D eigenvalue weighted by molar-refractivity contribution is 5.96. The first-order chi connectivity index (χ1) is 15.6. The van der Waals surface area contributed by atoms with Gasteiger partial charge >= 0.3 is 18.1 Å². The van der Waals surface area contributed by atoms with Gasteiger partial charge in [-0.15, -0.1) is 0 Å². The summed E-state index contributed by atoms with van der Waals surface area (Å²) in [6.07, 6.45) is -3.39. The van der Waals surface area contributed by atoms with Crippen molar-refractivity contribution in [1.29, 1.82) is 0 Å². The number of fused-ring (bicyclic) bond motifs is 1. The van der Waals surface area contributed by atoms with E-state index in [-0.39, 0.29) is 11.4 Å². The number of hydrogen-bond donors (Lipinski definition) is 3. The minimum absolute atomic E-state index is 0.127. The van der Waals surface area contributed by atoms with Gasteiger partial charge < -0.3 is 15.5 Å². The van der Waals surface area contributed by atoms with E-state index >= 15 is 0 Å². The minimum Gasteiger partial charge on any atom is -0.478 e. The number of anilines is 2. The van der Waals surface area contributed by atoms with Crippen LogP contribution >= 0.6 is 0 Å². The number of hydrogen-bond acceptors (Lipinski definition) is 4. The molecule has 3 N–H and O–H groups in total. The molecule has 1 aromatic heterocycles. The molecule has 0 aliphatic carbocycles. The number of rotatable bonds is 4. The lowest BCUT2D eigenvalue weighted by Crippen LogP contribution is -2.21. The van der Waals surface area contributed by atoms with Gasteiger partial charge in [-0.05, 0) is 54.6 Å². The number of carboxylic acids is 2. The van der Waals surface area contributed by atoms with Gasteiger partial charge in [0, 0.05) is 11.4 Å². The molecule has 0 atom stereocenters. The summed E-state index contributed by atoms with van der Waals surface area (Å²) in [5.41, 5.74) is 3.68. The number of benzene rings is 3. The van der Waals surface area contributed by atoms with Crippen LogP contribution in [0.2, 0.25) is 0 Å². The Morgan fingerprint density at radius 3 is 2.18 bits per heavy atom. The quantitative estimate of drug-likeness (QED) is 0.359. The zero-order chi connectivity index (χ0) is 24.2. The monoisotopic (exact) mass is 461 g/mol. The average molecular weight is 461 g/mol. The van der Waals surface area contributed by atoms with E-state index in [4.69, 9.17) is 9.90 Å². The van der Waals surface area contributed by atoms with Gasteiger partial charge in [-0.3, -0.25) is 4.57 Å². The molecule has 0 aliphatic heterocycles. The number of para-hydroxylation sites is 2. The Morgan fingerprint density at radius 1 is 0.939 bits per heavy atom. The van der Waals surface area contributed by atoms with Gasteiger partial charge in [0.2, 0.25) is 0 Å². The third-order valence-corrected chi connectivity index (χ3v) is 4.33. The van der Waals surface area contributed by atoms with E-state index in [0.29, 0.717) is 11.4 Å². The normalized spacial score (nSPS) is 10.9. The van der Waals surface area contributed by atoms with Crippen LogP contribution in [0.25, 0.3) is 16.7 Å². The number of aromatic nitrogens is 2. The number of imidazole rings is 1. The van der Waals surface area contributed by atoms with Crippen LogP contribution in [0.1, 0.15) is 10.4 Å². The molecule has 11 heteroatoms. The minimum atomic E-state index is -5.08. The Labute approximate surface area is 183 Å². The first kappa shape index (κ1) is 23.3. The van der Waals surface area contributed by atoms with Crippen molar-refractivity contribution in [2.45, 2.75) is 6.18 Å². The second-order valence-electron chi connectivity index (χ2n) is 6.57. The Balaban J connectivity index is 0.000000383. The summed E-state index contributed by atoms with van der Waals surface area (Å²) in [5, 5.41) is 19.6. The predicted octanol–water partition coefficient (Wildman–Crippen LogP) is 5.24. The molecular weight excluding hydrogens is 446 g/mol. The fourth-order valence-corrected chi connectivity index (χ4v) is 2.83. The number of alkyl halides is 3. The van der Waals surface area contributed by atoms with E-state index in [1.54, 1.807) is 30.6 Å². The second-order valence-corrected chi connectivity index (χ2v) is 6.57. The van der Waals surface area contributed by atoms with Crippen molar-refractivity contribution in [2.75, 3.05) is 5.32 Å². The molecule has 4 rings (SSSR count). The zero-order valence-corrected chi connectivity index (χ0v) is 16.5. The van der Waals surface area contributed by atoms with Crippen molar-refractivity contribution in [3.8, 4) is 5.69 Å². The molecule has 0 amide bonds. The summed E-state index contributed by atoms with van der Waals surface area (Å²) in [6, 6.07) is 18.4. The van der Waals surface area contributed by atoms with Crippen molar-refractivity contribution in [2.24, 2.45) is 0 Å². The summed E-state index contributed by atoms with van der Waals surface area (Å²) in [6.45, 7) is 0. The SMILES string of the molecule is O=C(O)C(F)(F)F.O=C(O)c1ccc(-n2cnc3ccccc32)cc1Nc1ccc(F)cc1. The molecule has 0 spiro atoms. The highest BCUT2D eigenvalue weighted by Gasteiger charge is 2.38. The summed E-state index contributed by atoms with van der Waals surface area (Å²) in [7, 11) is 0. The second kappa shape index (κ2) is 9.39. The van der Waals surface area contributed by atoms with Crippen molar-refractivity contribution >= 4 is 34.3 Å². The lowest BCUT2D eigenvalue weighted by molar-refractivity contribution is -0.192. The highest BCUT2D eigenvalue weighted by atomic mass is 19.4. The molecule has 0 radical (unpaired) electrons. The molecule has 0 fully saturated rings. The Kier molecular flexibility index (Phi) is 6.61. The average Bonchev–Trinajstić information content (AvgIpc) is 3.19. The largest absolute Gasteiger partial charge is 0.490 e. The number of carboxylic acid groups (broad SMARTS) is 2. The zero-order valence-electron chi connectivity index (χ0n) is 16.5. The lowest BCUT2D eigenvalue weighted by atomic mass is 10.1. The Morgan fingerprint density at radius 2 is 1.58 bits per heavy atom. The van der Waals surface area contributed by atoms with Gasteiger partial charge in [0.25, 0.3) is 0 Å². The van der Waals surface area contributed by atoms with E-state index in [9.17, 15) is 27.5 Å². The molecule has 0 bridgehead atoms. The number of nitrogens with zero attached hydrogens (tertiary/aromatic N) is 2. The molecule has 0 saturated carbocycles. The molecule has 1 heterocycles. The maximum atomic E-state index is 13.1. The first-order valence-electron chi connectivity index (χ1n) is 9.19. The lowest BCUT2D eigenvalue weighted by Gasteiger charge is -2.13. The molecule has 4 aromatic rings. The summed E-state index contributed by atoms with van der Waals surface area (Å²) >= 11 is 0. The summed E-state index contributed by atoms with van der Waals surface area (Å²) in [4.78, 5) is 24.8. The van der Waals surface area contributed by atoms with Crippen LogP contribution in [0.15, 0.2) is 73.1 Å². The smallest absolute Gasteiger partial charge is 0.478 e. The number of aliphatic carboxylic acids is 1. The summed E-state index contributed by atoms with van der Waals surface area (Å²) in [5.74, 6) is -4.16. The third kappa shape index (κ3) is 5.64. The van der Waals surface area contributed by atoms with Gasteiger partial charge in [-0.1, -0.05) is 12.1 Å². The topological polar surface area (TPSA) is 104 Å². The number of nitrogens with one attached hydrogen (secondary N) is 1. The Bertz CT molecular complexity index is 1300. The molecule has 33 heavy (non-hydrogen) atoms. The van der Waals surface area contributed by atoms with E-state index in [0.717, 1.165) is 16.7 Å². The van der Waals surface area contributed by atoms with Crippen LogP contribution in [0.3, 0.4) is 0 Å². The van der Waals surface area contributed by atoms with Gasteiger partial charge in [-0.2, -0.15) is 13.2 Å². The van der Waals surface area contributed by atoms with Crippen LogP contribution in [-0.4, -0.2) is 37.9 Å². The number of aromatic carboxylic acids is 1. The predicted molar refractivity (Wildman–Crippen MR) is 111 cm³/mol. The third-order valence-electron chi connectivity index (χ3n) is 4.33. The Hall–Kier alpha value is -4.41. The van der Waals surface area contributed by atoms with Gasteiger partial charge in [0.05, 0.1) is 22.3 Å². The number of halogens is 4. The van der Waals surface area contributed by atoms with Crippen LogP contribution < -0.4 is 5.32 Å². The van der Waals surface area contributed by atoms with Crippen molar-refractivity contribution in [3.63, 3.8) is 0 Å². The van der Waals surface area contributed by atoms with Gasteiger partial charge in [-0.25, -0.2) is 19.0 Å². The molecular formula is C22H15F4N3O4. The van der Waals surface area contributed by atoms with Crippen LogP contribution in [0.4, 0.5) is 28.9 Å². The fourth-order valence-electron chi connectivity index (χ4n) is 2.83.